The molecule has 0 radical (unpaired) electrons. The molecule has 0 aromatic rings. The molecule has 0 rings (SSSR count). The standard InChI is InChI=1S/C9H20O3Si/c1-4-5-8(10)11-6-9(13)12-7(2)3/h7,9H,4-6H2,1-3,13H3. The Bertz CT molecular complexity index is 148. The summed E-state index contributed by atoms with van der Waals surface area (Å²) in [5.74, 6) is -0.115. The van der Waals surface area contributed by atoms with Crippen molar-refractivity contribution in [3.05, 3.63) is 0 Å². The first kappa shape index (κ1) is 12.6. The van der Waals surface area contributed by atoms with Gasteiger partial charge in [0.25, 0.3) is 0 Å². The van der Waals surface area contributed by atoms with E-state index in [0.29, 0.717) is 13.0 Å². The van der Waals surface area contributed by atoms with Gasteiger partial charge in [0, 0.05) is 16.7 Å². The van der Waals surface area contributed by atoms with Crippen molar-refractivity contribution < 1.29 is 14.3 Å². The lowest BCUT2D eigenvalue weighted by atomic mass is 10.3. The third-order valence-corrected chi connectivity index (χ3v) is 2.04. The molecule has 0 aromatic carbocycles. The van der Waals surface area contributed by atoms with Crippen LogP contribution < -0.4 is 0 Å². The van der Waals surface area contributed by atoms with E-state index >= 15 is 0 Å². The Labute approximate surface area is 83.2 Å². The minimum Gasteiger partial charge on any atom is -0.463 e. The van der Waals surface area contributed by atoms with Crippen LogP contribution in [0, 0.1) is 0 Å². The van der Waals surface area contributed by atoms with Crippen LogP contribution in [0.25, 0.3) is 0 Å². The molecule has 0 heterocycles. The van der Waals surface area contributed by atoms with Crippen molar-refractivity contribution in [2.45, 2.75) is 45.4 Å². The topological polar surface area (TPSA) is 35.5 Å². The van der Waals surface area contributed by atoms with E-state index in [1.807, 2.05) is 20.8 Å². The molecular weight excluding hydrogens is 184 g/mol. The number of ether oxygens (including phenoxy) is 2. The third kappa shape index (κ3) is 7.99. The summed E-state index contributed by atoms with van der Waals surface area (Å²) in [5.41, 5.74) is 0.126. The number of hydrogen-bond donors (Lipinski definition) is 0. The van der Waals surface area contributed by atoms with E-state index in [2.05, 4.69) is 0 Å². The van der Waals surface area contributed by atoms with E-state index in [1.165, 1.54) is 0 Å². The minimum atomic E-state index is -0.115. The summed E-state index contributed by atoms with van der Waals surface area (Å²) in [4.78, 5) is 11.0. The fourth-order valence-corrected chi connectivity index (χ4v) is 1.70. The van der Waals surface area contributed by atoms with Crippen molar-refractivity contribution >= 4 is 16.2 Å². The van der Waals surface area contributed by atoms with Crippen LogP contribution in [0.5, 0.6) is 0 Å². The summed E-state index contributed by atoms with van der Waals surface area (Å²) in [6.07, 6.45) is 1.57. The first-order valence-electron chi connectivity index (χ1n) is 4.87. The fraction of sp³-hybridized carbons (Fsp3) is 0.889. The molecule has 0 aliphatic heterocycles. The summed E-state index contributed by atoms with van der Waals surface area (Å²) in [6.45, 7) is 6.35. The summed E-state index contributed by atoms with van der Waals surface area (Å²) in [5, 5.41) is 0. The van der Waals surface area contributed by atoms with Gasteiger partial charge in [-0.05, 0) is 20.3 Å². The van der Waals surface area contributed by atoms with E-state index in [-0.39, 0.29) is 17.8 Å². The van der Waals surface area contributed by atoms with E-state index in [9.17, 15) is 4.79 Å². The van der Waals surface area contributed by atoms with E-state index in [0.717, 1.165) is 16.7 Å². The SMILES string of the molecule is CCCC(=O)OCC([SiH3])OC(C)C. The van der Waals surface area contributed by atoms with Gasteiger partial charge in [0.1, 0.15) is 6.61 Å². The molecule has 13 heavy (non-hydrogen) atoms. The van der Waals surface area contributed by atoms with E-state index in [1.54, 1.807) is 0 Å². The van der Waals surface area contributed by atoms with Gasteiger partial charge < -0.3 is 9.47 Å². The second-order valence-electron chi connectivity index (χ2n) is 3.43. The molecule has 0 aromatic heterocycles. The number of hydrogen-bond acceptors (Lipinski definition) is 3. The summed E-state index contributed by atoms with van der Waals surface area (Å²) >= 11 is 0. The Morgan fingerprint density at radius 1 is 1.46 bits per heavy atom. The quantitative estimate of drug-likeness (QED) is 0.465. The van der Waals surface area contributed by atoms with Gasteiger partial charge in [0.15, 0.2) is 0 Å². The van der Waals surface area contributed by atoms with Crippen LogP contribution in [0.1, 0.15) is 33.6 Å². The van der Waals surface area contributed by atoms with E-state index in [4.69, 9.17) is 9.47 Å². The molecule has 0 fully saturated rings. The van der Waals surface area contributed by atoms with Crippen molar-refractivity contribution in [2.75, 3.05) is 6.61 Å². The molecule has 0 aliphatic rings. The second kappa shape index (κ2) is 7.09. The number of carbonyl (C=O) groups excluding carboxylic acids is 1. The smallest absolute Gasteiger partial charge is 0.305 e. The third-order valence-electron chi connectivity index (χ3n) is 1.44. The van der Waals surface area contributed by atoms with Crippen molar-refractivity contribution in [1.29, 1.82) is 0 Å². The molecule has 4 heteroatoms. The molecule has 0 spiro atoms. The van der Waals surface area contributed by atoms with Crippen molar-refractivity contribution in [3.63, 3.8) is 0 Å². The van der Waals surface area contributed by atoms with Crippen LogP contribution in [0.4, 0.5) is 0 Å². The zero-order chi connectivity index (χ0) is 10.3. The number of carbonyl (C=O) groups is 1. The largest absolute Gasteiger partial charge is 0.463 e. The monoisotopic (exact) mass is 204 g/mol. The second-order valence-corrected chi connectivity index (χ2v) is 4.72. The van der Waals surface area contributed by atoms with Crippen molar-refractivity contribution in [1.82, 2.24) is 0 Å². The predicted octanol–water partition coefficient (Wildman–Crippen LogP) is 0.446. The molecule has 3 nitrogen and oxygen atoms in total. The molecule has 1 unspecified atom stereocenters. The van der Waals surface area contributed by atoms with Gasteiger partial charge >= 0.3 is 5.97 Å². The van der Waals surface area contributed by atoms with Gasteiger partial charge in [-0.1, -0.05) is 6.92 Å². The van der Waals surface area contributed by atoms with Gasteiger partial charge in [0.05, 0.1) is 11.8 Å². The molecule has 0 saturated heterocycles. The molecule has 0 saturated carbocycles. The lowest BCUT2D eigenvalue weighted by molar-refractivity contribution is -0.146. The van der Waals surface area contributed by atoms with Crippen LogP contribution in [-0.4, -0.2) is 34.6 Å². The van der Waals surface area contributed by atoms with Crippen LogP contribution in [0.3, 0.4) is 0 Å². The maximum Gasteiger partial charge on any atom is 0.305 e. The first-order chi connectivity index (χ1) is 6.06. The highest BCUT2D eigenvalue weighted by atomic mass is 28.1. The zero-order valence-corrected chi connectivity index (χ0v) is 11.0. The molecule has 0 amide bonds. The average molecular weight is 204 g/mol. The lowest BCUT2D eigenvalue weighted by Gasteiger charge is -2.15. The van der Waals surface area contributed by atoms with Gasteiger partial charge in [0.2, 0.25) is 0 Å². The highest BCUT2D eigenvalue weighted by Gasteiger charge is 2.07. The van der Waals surface area contributed by atoms with Crippen molar-refractivity contribution in [3.8, 4) is 0 Å². The maximum atomic E-state index is 11.0. The molecule has 78 valence electrons. The molecule has 0 bridgehead atoms. The highest BCUT2D eigenvalue weighted by molar-refractivity contribution is 6.11. The Morgan fingerprint density at radius 2 is 2.08 bits per heavy atom. The Balaban J connectivity index is 3.45. The summed E-state index contributed by atoms with van der Waals surface area (Å²) < 4.78 is 10.5. The average Bonchev–Trinajstić information content (AvgIpc) is 2.00. The first-order valence-corrected chi connectivity index (χ1v) is 6.02. The van der Waals surface area contributed by atoms with E-state index < -0.39 is 0 Å². The number of rotatable bonds is 6. The fourth-order valence-electron chi connectivity index (χ4n) is 0.990. The molecule has 0 N–H and O–H groups in total. The molecule has 1 atom stereocenters. The number of esters is 1. The van der Waals surface area contributed by atoms with Crippen LogP contribution in [0.15, 0.2) is 0 Å². The maximum absolute atomic E-state index is 11.0. The molecular formula is C9H20O3Si. The zero-order valence-electron chi connectivity index (χ0n) is 9.00. The van der Waals surface area contributed by atoms with Crippen LogP contribution >= 0.6 is 0 Å². The Kier molecular flexibility index (Phi) is 6.90. The van der Waals surface area contributed by atoms with Gasteiger partial charge in [-0.15, -0.1) is 0 Å². The van der Waals surface area contributed by atoms with Gasteiger partial charge in [-0.2, -0.15) is 0 Å². The minimum absolute atomic E-state index is 0.115. The van der Waals surface area contributed by atoms with Crippen LogP contribution in [-0.2, 0) is 14.3 Å². The van der Waals surface area contributed by atoms with Crippen LogP contribution in [0.2, 0.25) is 0 Å². The summed E-state index contributed by atoms with van der Waals surface area (Å²) in [6, 6.07) is 0. The Hall–Kier alpha value is -0.353. The predicted molar refractivity (Wildman–Crippen MR) is 55.8 cm³/mol. The summed E-state index contributed by atoms with van der Waals surface area (Å²) in [7, 11) is 0.897. The normalized spacial score (nSPS) is 13.2. The molecule has 0 aliphatic carbocycles. The van der Waals surface area contributed by atoms with Gasteiger partial charge in [-0.3, -0.25) is 4.79 Å². The lowest BCUT2D eigenvalue weighted by Crippen LogP contribution is -2.25. The highest BCUT2D eigenvalue weighted by Crippen LogP contribution is 1.97. The Morgan fingerprint density at radius 3 is 2.54 bits per heavy atom. The van der Waals surface area contributed by atoms with Gasteiger partial charge in [-0.25, -0.2) is 0 Å². The van der Waals surface area contributed by atoms with Crippen molar-refractivity contribution in [2.24, 2.45) is 0 Å².